The highest BCUT2D eigenvalue weighted by molar-refractivity contribution is 6.20. The van der Waals surface area contributed by atoms with E-state index in [1.54, 1.807) is 13.0 Å². The van der Waals surface area contributed by atoms with Crippen LogP contribution in [-0.4, -0.2) is 11.3 Å². The lowest BCUT2D eigenvalue weighted by atomic mass is 10.5. The van der Waals surface area contributed by atoms with Crippen molar-refractivity contribution in [3.63, 3.8) is 0 Å². The number of hydrogen-bond acceptors (Lipinski definition) is 1. The molecule has 0 fully saturated rings. The Balaban J connectivity index is 3.84. The summed E-state index contributed by atoms with van der Waals surface area (Å²) >= 11 is 5.51. The van der Waals surface area contributed by atoms with Crippen molar-refractivity contribution in [3.8, 4) is 0 Å². The van der Waals surface area contributed by atoms with Gasteiger partial charge in [-0.3, -0.25) is 0 Å². The number of alkyl halides is 1. The Labute approximate surface area is 60.4 Å². The maximum atomic E-state index is 5.51. The summed E-state index contributed by atoms with van der Waals surface area (Å²) in [6.45, 7) is 3.64. The molecule has 1 unspecified atom stereocenters. The van der Waals surface area contributed by atoms with E-state index in [4.69, 9.17) is 17.3 Å². The average molecular weight is 147 g/mol. The molecule has 2 N–H and O–H groups in total. The minimum Gasteiger partial charge on any atom is -0.384 e. The van der Waals surface area contributed by atoms with Gasteiger partial charge in [0, 0.05) is 0 Å². The van der Waals surface area contributed by atoms with E-state index in [0.29, 0.717) is 5.84 Å². The molecule has 0 aromatic rings. The molecule has 52 valence electrons. The van der Waals surface area contributed by atoms with Crippen molar-refractivity contribution in [1.29, 1.82) is 0 Å². The molecular formula is C6H11ClN2. The van der Waals surface area contributed by atoms with E-state index in [2.05, 4.69) is 4.99 Å². The first-order valence-corrected chi connectivity index (χ1v) is 3.20. The first-order valence-electron chi connectivity index (χ1n) is 2.77. The van der Waals surface area contributed by atoms with E-state index in [1.807, 2.05) is 13.0 Å². The number of aliphatic imine (C=N–C) groups is 1. The van der Waals surface area contributed by atoms with Crippen LogP contribution in [-0.2, 0) is 0 Å². The molecule has 0 aliphatic rings. The molecular weight excluding hydrogens is 136 g/mol. The van der Waals surface area contributed by atoms with Crippen molar-refractivity contribution in [2.45, 2.75) is 19.3 Å². The van der Waals surface area contributed by atoms with Crippen LogP contribution in [0.5, 0.6) is 0 Å². The van der Waals surface area contributed by atoms with Gasteiger partial charge in [0.05, 0.1) is 0 Å². The largest absolute Gasteiger partial charge is 0.384 e. The van der Waals surface area contributed by atoms with E-state index in [9.17, 15) is 0 Å². The summed E-state index contributed by atoms with van der Waals surface area (Å²) in [6, 6.07) is 0. The van der Waals surface area contributed by atoms with E-state index in [-0.39, 0.29) is 5.50 Å². The molecule has 0 saturated carbocycles. The minimum atomic E-state index is -0.235. The predicted molar refractivity (Wildman–Crippen MR) is 41.8 cm³/mol. The van der Waals surface area contributed by atoms with E-state index in [1.165, 1.54) is 0 Å². The topological polar surface area (TPSA) is 38.4 Å². The minimum absolute atomic E-state index is 0.235. The van der Waals surface area contributed by atoms with Gasteiger partial charge in [0.15, 0.2) is 0 Å². The molecule has 0 radical (unpaired) electrons. The molecule has 0 aliphatic carbocycles. The summed E-state index contributed by atoms with van der Waals surface area (Å²) in [7, 11) is 0. The maximum Gasteiger partial charge on any atom is 0.123 e. The van der Waals surface area contributed by atoms with E-state index in [0.717, 1.165) is 0 Å². The SMILES string of the molecule is C/C=C\C(N)=NC(C)Cl. The predicted octanol–water partition coefficient (Wildman–Crippen LogP) is 1.50. The molecule has 0 heterocycles. The molecule has 1 atom stereocenters. The molecule has 0 aliphatic heterocycles. The summed E-state index contributed by atoms with van der Waals surface area (Å²) < 4.78 is 0. The highest BCUT2D eigenvalue weighted by Crippen LogP contribution is 1.93. The Morgan fingerprint density at radius 2 is 2.33 bits per heavy atom. The zero-order chi connectivity index (χ0) is 7.28. The summed E-state index contributed by atoms with van der Waals surface area (Å²) in [6.07, 6.45) is 3.52. The Hall–Kier alpha value is -0.500. The van der Waals surface area contributed by atoms with Crippen LogP contribution < -0.4 is 5.73 Å². The van der Waals surface area contributed by atoms with Gasteiger partial charge >= 0.3 is 0 Å². The van der Waals surface area contributed by atoms with E-state index < -0.39 is 0 Å². The van der Waals surface area contributed by atoms with E-state index >= 15 is 0 Å². The number of nitrogens with two attached hydrogens (primary N) is 1. The lowest BCUT2D eigenvalue weighted by Crippen LogP contribution is -2.09. The normalized spacial score (nSPS) is 16.6. The smallest absolute Gasteiger partial charge is 0.123 e. The van der Waals surface area contributed by atoms with Crippen LogP contribution in [0.4, 0.5) is 0 Å². The number of halogens is 1. The Kier molecular flexibility index (Phi) is 4.14. The number of hydrogen-bond donors (Lipinski definition) is 1. The Bertz CT molecular complexity index is 127. The summed E-state index contributed by atoms with van der Waals surface area (Å²) in [5.74, 6) is 0.472. The lowest BCUT2D eigenvalue weighted by Gasteiger charge is -1.93. The fourth-order valence-corrected chi connectivity index (χ4v) is 0.532. The second-order valence-electron chi connectivity index (χ2n) is 1.63. The monoisotopic (exact) mass is 146 g/mol. The van der Waals surface area contributed by atoms with Gasteiger partial charge in [-0.05, 0) is 19.9 Å². The number of rotatable bonds is 2. The number of allylic oxidation sites excluding steroid dienone is 1. The zero-order valence-corrected chi connectivity index (χ0v) is 6.39. The molecule has 3 heteroatoms. The van der Waals surface area contributed by atoms with Gasteiger partial charge in [-0.15, -0.1) is 0 Å². The van der Waals surface area contributed by atoms with Gasteiger partial charge in [0.2, 0.25) is 0 Å². The molecule has 0 amide bonds. The fourth-order valence-electron chi connectivity index (χ4n) is 0.419. The molecule has 0 aromatic carbocycles. The highest BCUT2D eigenvalue weighted by atomic mass is 35.5. The van der Waals surface area contributed by atoms with Crippen LogP contribution in [0.25, 0.3) is 0 Å². The van der Waals surface area contributed by atoms with Gasteiger partial charge in [-0.2, -0.15) is 0 Å². The van der Waals surface area contributed by atoms with Crippen molar-refractivity contribution in [3.05, 3.63) is 12.2 Å². The van der Waals surface area contributed by atoms with Crippen molar-refractivity contribution in [2.75, 3.05) is 0 Å². The summed E-state index contributed by atoms with van der Waals surface area (Å²) in [4.78, 5) is 3.84. The van der Waals surface area contributed by atoms with Crippen LogP contribution in [0.2, 0.25) is 0 Å². The second-order valence-corrected chi connectivity index (χ2v) is 2.26. The second kappa shape index (κ2) is 4.39. The zero-order valence-electron chi connectivity index (χ0n) is 5.63. The van der Waals surface area contributed by atoms with Crippen LogP contribution >= 0.6 is 11.6 Å². The van der Waals surface area contributed by atoms with Gasteiger partial charge < -0.3 is 5.73 Å². The Morgan fingerprint density at radius 3 is 2.67 bits per heavy atom. The fraction of sp³-hybridized carbons (Fsp3) is 0.500. The van der Waals surface area contributed by atoms with Crippen molar-refractivity contribution in [2.24, 2.45) is 10.7 Å². The standard InChI is InChI=1S/C6H11ClN2/c1-3-4-6(8)9-5(2)7/h3-5H,1-2H3,(H2,8,9)/b4-3-. The van der Waals surface area contributed by atoms with Crippen LogP contribution in [0.15, 0.2) is 17.1 Å². The molecule has 0 aromatic heterocycles. The van der Waals surface area contributed by atoms with Gasteiger partial charge in [-0.25, -0.2) is 4.99 Å². The Morgan fingerprint density at radius 1 is 1.78 bits per heavy atom. The van der Waals surface area contributed by atoms with Gasteiger partial charge in [0.1, 0.15) is 11.3 Å². The molecule has 0 bridgehead atoms. The third kappa shape index (κ3) is 5.37. The first kappa shape index (κ1) is 8.50. The molecule has 9 heavy (non-hydrogen) atoms. The third-order valence-electron chi connectivity index (χ3n) is 0.664. The molecule has 0 spiro atoms. The number of amidine groups is 1. The van der Waals surface area contributed by atoms with Crippen LogP contribution in [0.1, 0.15) is 13.8 Å². The lowest BCUT2D eigenvalue weighted by molar-refractivity contribution is 1.03. The quantitative estimate of drug-likeness (QED) is 0.273. The molecule has 2 nitrogen and oxygen atoms in total. The number of nitrogens with zero attached hydrogens (tertiary/aromatic N) is 1. The van der Waals surface area contributed by atoms with Crippen LogP contribution in [0, 0.1) is 0 Å². The van der Waals surface area contributed by atoms with Crippen molar-refractivity contribution >= 4 is 17.4 Å². The summed E-state index contributed by atoms with van der Waals surface area (Å²) in [5, 5.41) is 0. The van der Waals surface area contributed by atoms with Crippen molar-refractivity contribution < 1.29 is 0 Å². The third-order valence-corrected chi connectivity index (χ3v) is 0.762. The molecule has 0 saturated heterocycles. The van der Waals surface area contributed by atoms with Crippen LogP contribution in [0.3, 0.4) is 0 Å². The highest BCUT2D eigenvalue weighted by Gasteiger charge is 1.88. The maximum absolute atomic E-state index is 5.51. The molecule has 0 rings (SSSR count). The first-order chi connectivity index (χ1) is 4.16. The van der Waals surface area contributed by atoms with Gasteiger partial charge in [-0.1, -0.05) is 17.7 Å². The van der Waals surface area contributed by atoms with Crippen molar-refractivity contribution in [1.82, 2.24) is 0 Å². The van der Waals surface area contributed by atoms with Gasteiger partial charge in [0.25, 0.3) is 0 Å². The average Bonchev–Trinajstić information content (AvgIpc) is 1.63. The summed E-state index contributed by atoms with van der Waals surface area (Å²) in [5.41, 5.74) is 5.13.